The summed E-state index contributed by atoms with van der Waals surface area (Å²) in [6, 6.07) is 16.5. The molecule has 0 bridgehead atoms. The molecule has 3 aromatic rings. The average molecular weight is 334 g/mol. The minimum atomic E-state index is -0.170. The molecule has 0 radical (unpaired) electrons. The van der Waals surface area contributed by atoms with Gasteiger partial charge in [-0.05, 0) is 36.4 Å². The first kappa shape index (κ1) is 16.4. The van der Waals surface area contributed by atoms with Crippen molar-refractivity contribution < 1.29 is 9.53 Å². The predicted octanol–water partition coefficient (Wildman–Crippen LogP) is 3.03. The van der Waals surface area contributed by atoms with Gasteiger partial charge < -0.3 is 15.4 Å². The lowest BCUT2D eigenvalue weighted by Crippen LogP contribution is -2.28. The van der Waals surface area contributed by atoms with Gasteiger partial charge in [0.15, 0.2) is 0 Å². The molecule has 3 rings (SSSR count). The highest BCUT2D eigenvalue weighted by atomic mass is 16.5. The summed E-state index contributed by atoms with van der Waals surface area (Å²) in [4.78, 5) is 20.4. The number of para-hydroxylation sites is 1. The molecule has 0 aliphatic rings. The van der Waals surface area contributed by atoms with Crippen LogP contribution in [-0.2, 0) is 0 Å². The summed E-state index contributed by atoms with van der Waals surface area (Å²) >= 11 is 0. The van der Waals surface area contributed by atoms with Crippen molar-refractivity contribution in [2.45, 2.75) is 0 Å². The zero-order valence-electron chi connectivity index (χ0n) is 13.6. The van der Waals surface area contributed by atoms with Gasteiger partial charge in [-0.25, -0.2) is 4.98 Å². The molecule has 2 aromatic heterocycles. The number of hydrogen-bond donors (Lipinski definition) is 2. The van der Waals surface area contributed by atoms with E-state index in [1.165, 1.54) is 0 Å². The highest BCUT2D eigenvalue weighted by Gasteiger charge is 2.07. The maximum atomic E-state index is 12.2. The first-order valence-electron chi connectivity index (χ1n) is 7.90. The van der Waals surface area contributed by atoms with Crippen LogP contribution < -0.4 is 15.4 Å². The number of nitrogens with one attached hydrogen (secondary N) is 2. The van der Waals surface area contributed by atoms with Crippen LogP contribution in [0.3, 0.4) is 0 Å². The standard InChI is InChI=1S/C19H18N4O2/c24-19(22-12-13-25-17-4-2-1-3-5-17)15-6-11-21-18(14-15)23-16-7-9-20-10-8-16/h1-11,14H,12-13H2,(H,22,24)(H,20,21,23). The molecule has 6 heteroatoms. The number of pyridine rings is 2. The van der Waals surface area contributed by atoms with E-state index in [1.807, 2.05) is 42.5 Å². The molecule has 0 fully saturated rings. The lowest BCUT2D eigenvalue weighted by Gasteiger charge is -2.09. The fourth-order valence-corrected chi connectivity index (χ4v) is 2.18. The van der Waals surface area contributed by atoms with Gasteiger partial charge in [-0.3, -0.25) is 9.78 Å². The molecular weight excluding hydrogens is 316 g/mol. The highest BCUT2D eigenvalue weighted by Crippen LogP contribution is 2.14. The lowest BCUT2D eigenvalue weighted by atomic mass is 10.2. The van der Waals surface area contributed by atoms with Crippen LogP contribution in [0.15, 0.2) is 73.2 Å². The van der Waals surface area contributed by atoms with Gasteiger partial charge in [-0.1, -0.05) is 18.2 Å². The second kappa shape index (κ2) is 8.44. The van der Waals surface area contributed by atoms with Crippen molar-refractivity contribution >= 4 is 17.4 Å². The van der Waals surface area contributed by atoms with E-state index in [0.29, 0.717) is 24.5 Å². The molecule has 0 aliphatic heterocycles. The Bertz CT molecular complexity index is 810. The lowest BCUT2D eigenvalue weighted by molar-refractivity contribution is 0.0947. The molecule has 25 heavy (non-hydrogen) atoms. The first-order chi connectivity index (χ1) is 12.3. The Morgan fingerprint density at radius 1 is 1.00 bits per heavy atom. The summed E-state index contributed by atoms with van der Waals surface area (Å²) in [5.41, 5.74) is 1.39. The van der Waals surface area contributed by atoms with Crippen molar-refractivity contribution in [2.24, 2.45) is 0 Å². The predicted molar refractivity (Wildman–Crippen MR) is 96.0 cm³/mol. The molecule has 0 unspecified atom stereocenters. The van der Waals surface area contributed by atoms with E-state index >= 15 is 0 Å². The van der Waals surface area contributed by atoms with Gasteiger partial charge in [-0.2, -0.15) is 0 Å². The Kier molecular flexibility index (Phi) is 5.56. The van der Waals surface area contributed by atoms with Gasteiger partial charge in [-0.15, -0.1) is 0 Å². The monoisotopic (exact) mass is 334 g/mol. The van der Waals surface area contributed by atoms with E-state index < -0.39 is 0 Å². The second-order valence-electron chi connectivity index (χ2n) is 5.21. The Labute approximate surface area is 145 Å². The van der Waals surface area contributed by atoms with Gasteiger partial charge >= 0.3 is 0 Å². The minimum absolute atomic E-state index is 0.170. The maximum Gasteiger partial charge on any atom is 0.251 e. The number of carbonyl (C=O) groups is 1. The third-order valence-corrected chi connectivity index (χ3v) is 3.37. The summed E-state index contributed by atoms with van der Waals surface area (Å²) in [6.07, 6.45) is 4.97. The van der Waals surface area contributed by atoms with E-state index in [0.717, 1.165) is 11.4 Å². The van der Waals surface area contributed by atoms with Crippen LogP contribution in [0, 0.1) is 0 Å². The number of benzene rings is 1. The van der Waals surface area contributed by atoms with Crippen molar-refractivity contribution in [3.05, 3.63) is 78.8 Å². The molecule has 1 aromatic carbocycles. The summed E-state index contributed by atoms with van der Waals surface area (Å²) in [5, 5.41) is 5.96. The molecule has 2 heterocycles. The molecule has 1 amide bonds. The van der Waals surface area contributed by atoms with Crippen LogP contribution in [0.25, 0.3) is 0 Å². The molecule has 126 valence electrons. The SMILES string of the molecule is O=C(NCCOc1ccccc1)c1ccnc(Nc2ccncc2)c1. The minimum Gasteiger partial charge on any atom is -0.492 e. The van der Waals surface area contributed by atoms with Crippen LogP contribution in [0.1, 0.15) is 10.4 Å². The number of carbonyl (C=O) groups excluding carboxylic acids is 1. The van der Waals surface area contributed by atoms with E-state index in [2.05, 4.69) is 20.6 Å². The number of rotatable bonds is 7. The topological polar surface area (TPSA) is 76.1 Å². The summed E-state index contributed by atoms with van der Waals surface area (Å²) in [5.74, 6) is 1.21. The second-order valence-corrected chi connectivity index (χ2v) is 5.21. The summed E-state index contributed by atoms with van der Waals surface area (Å²) in [6.45, 7) is 0.826. The number of hydrogen-bond acceptors (Lipinski definition) is 5. The molecule has 0 saturated heterocycles. The van der Waals surface area contributed by atoms with Crippen molar-refractivity contribution in [1.82, 2.24) is 15.3 Å². The van der Waals surface area contributed by atoms with Gasteiger partial charge in [0.1, 0.15) is 18.2 Å². The van der Waals surface area contributed by atoms with Crippen molar-refractivity contribution in [3.8, 4) is 5.75 Å². The van der Waals surface area contributed by atoms with E-state index in [-0.39, 0.29) is 5.91 Å². The van der Waals surface area contributed by atoms with Crippen LogP contribution in [-0.4, -0.2) is 29.0 Å². The van der Waals surface area contributed by atoms with Gasteiger partial charge in [0.05, 0.1) is 6.54 Å². The third kappa shape index (κ3) is 5.04. The van der Waals surface area contributed by atoms with Crippen LogP contribution in [0.5, 0.6) is 5.75 Å². The van der Waals surface area contributed by atoms with Gasteiger partial charge in [0.25, 0.3) is 5.91 Å². The third-order valence-electron chi connectivity index (χ3n) is 3.37. The number of aromatic nitrogens is 2. The largest absolute Gasteiger partial charge is 0.492 e. The zero-order valence-corrected chi connectivity index (χ0v) is 13.6. The van der Waals surface area contributed by atoms with Gasteiger partial charge in [0.2, 0.25) is 0 Å². The van der Waals surface area contributed by atoms with Crippen molar-refractivity contribution in [2.75, 3.05) is 18.5 Å². The van der Waals surface area contributed by atoms with Crippen molar-refractivity contribution in [1.29, 1.82) is 0 Å². The molecular formula is C19H18N4O2. The number of ether oxygens (including phenoxy) is 1. The maximum absolute atomic E-state index is 12.2. The number of anilines is 2. The molecule has 0 spiro atoms. The number of amides is 1. The van der Waals surface area contributed by atoms with Crippen LogP contribution >= 0.6 is 0 Å². The van der Waals surface area contributed by atoms with E-state index in [1.54, 1.807) is 30.7 Å². The zero-order chi connectivity index (χ0) is 17.3. The average Bonchev–Trinajstić information content (AvgIpc) is 2.67. The molecule has 6 nitrogen and oxygen atoms in total. The summed E-state index contributed by atoms with van der Waals surface area (Å²) < 4.78 is 5.55. The molecule has 0 saturated carbocycles. The molecule has 2 N–H and O–H groups in total. The van der Waals surface area contributed by atoms with Crippen LogP contribution in [0.2, 0.25) is 0 Å². The fraction of sp³-hybridized carbons (Fsp3) is 0.105. The Morgan fingerprint density at radius 2 is 1.80 bits per heavy atom. The quantitative estimate of drug-likeness (QED) is 0.650. The Balaban J connectivity index is 1.51. The van der Waals surface area contributed by atoms with Gasteiger partial charge in [0, 0.05) is 29.8 Å². The molecule has 0 aliphatic carbocycles. The molecule has 0 atom stereocenters. The van der Waals surface area contributed by atoms with Crippen LogP contribution in [0.4, 0.5) is 11.5 Å². The fourth-order valence-electron chi connectivity index (χ4n) is 2.18. The normalized spacial score (nSPS) is 10.1. The smallest absolute Gasteiger partial charge is 0.251 e. The summed E-state index contributed by atoms with van der Waals surface area (Å²) in [7, 11) is 0. The Hall–Kier alpha value is -3.41. The van der Waals surface area contributed by atoms with Crippen molar-refractivity contribution in [3.63, 3.8) is 0 Å². The van der Waals surface area contributed by atoms with E-state index in [4.69, 9.17) is 4.74 Å². The van der Waals surface area contributed by atoms with E-state index in [9.17, 15) is 4.79 Å². The Morgan fingerprint density at radius 3 is 2.60 bits per heavy atom. The first-order valence-corrected chi connectivity index (χ1v) is 7.90. The highest BCUT2D eigenvalue weighted by molar-refractivity contribution is 5.94. The number of nitrogens with zero attached hydrogens (tertiary/aromatic N) is 2.